The fraction of sp³-hybridized carbons (Fsp3) is 0.0667. The van der Waals surface area contributed by atoms with Crippen LogP contribution in [0.1, 0.15) is 25.0 Å². The minimum Gasteiger partial charge on any atom is -0.0619 e. The number of rotatable bonds is 3. The maximum absolute atomic E-state index is 2.41. The van der Waals surface area contributed by atoms with Gasteiger partial charge in [0.05, 0.1) is 0 Å². The van der Waals surface area contributed by atoms with E-state index in [-0.39, 0.29) is 5.41 Å². The van der Waals surface area contributed by atoms with E-state index in [1.165, 1.54) is 88.0 Å². The first-order valence-electron chi connectivity index (χ1n) is 15.8. The summed E-state index contributed by atoms with van der Waals surface area (Å²) in [5, 5.41) is 7.66. The Labute approximate surface area is 264 Å². The van der Waals surface area contributed by atoms with Crippen molar-refractivity contribution in [3.63, 3.8) is 0 Å². The average molecular weight is 573 g/mol. The quantitative estimate of drug-likeness (QED) is 0.185. The average Bonchev–Trinajstić information content (AvgIpc) is 3.33. The van der Waals surface area contributed by atoms with Gasteiger partial charge in [-0.2, -0.15) is 0 Å². The van der Waals surface area contributed by atoms with Gasteiger partial charge in [0, 0.05) is 5.41 Å². The molecule has 1 aliphatic rings. The summed E-state index contributed by atoms with van der Waals surface area (Å²) in [6.07, 6.45) is 0. The lowest BCUT2D eigenvalue weighted by Gasteiger charge is -2.22. The highest BCUT2D eigenvalue weighted by Crippen LogP contribution is 2.49. The van der Waals surface area contributed by atoms with E-state index in [0.717, 1.165) is 0 Å². The van der Waals surface area contributed by atoms with E-state index in [4.69, 9.17) is 0 Å². The lowest BCUT2D eigenvalue weighted by atomic mass is 9.81. The molecule has 0 saturated carbocycles. The normalized spacial score (nSPS) is 13.3. The molecule has 0 spiro atoms. The third kappa shape index (κ3) is 4.14. The van der Waals surface area contributed by atoms with Gasteiger partial charge in [-0.15, -0.1) is 0 Å². The van der Waals surface area contributed by atoms with Crippen LogP contribution in [0.25, 0.3) is 76.8 Å². The largest absolute Gasteiger partial charge is 0.0619 e. The smallest absolute Gasteiger partial charge is 0.0159 e. The van der Waals surface area contributed by atoms with Crippen molar-refractivity contribution in [1.29, 1.82) is 0 Å². The predicted molar refractivity (Wildman–Crippen MR) is 193 cm³/mol. The second-order valence-corrected chi connectivity index (χ2v) is 13.0. The van der Waals surface area contributed by atoms with Crippen LogP contribution in [0.2, 0.25) is 0 Å². The molecule has 212 valence electrons. The van der Waals surface area contributed by atoms with E-state index in [0.29, 0.717) is 0 Å². The summed E-state index contributed by atoms with van der Waals surface area (Å²) in [6, 6.07) is 58.5. The zero-order chi connectivity index (χ0) is 30.1. The summed E-state index contributed by atoms with van der Waals surface area (Å²) >= 11 is 0. The topological polar surface area (TPSA) is 0 Å². The molecule has 8 aromatic rings. The fourth-order valence-corrected chi connectivity index (χ4v) is 7.56. The first kappa shape index (κ1) is 26.0. The highest BCUT2D eigenvalue weighted by atomic mass is 14.4. The van der Waals surface area contributed by atoms with Crippen LogP contribution in [-0.2, 0) is 5.41 Å². The van der Waals surface area contributed by atoms with E-state index in [9.17, 15) is 0 Å². The second-order valence-electron chi connectivity index (χ2n) is 13.0. The van der Waals surface area contributed by atoms with Crippen LogP contribution in [0.4, 0.5) is 0 Å². The van der Waals surface area contributed by atoms with Crippen molar-refractivity contribution in [2.45, 2.75) is 19.3 Å². The third-order valence-corrected chi connectivity index (χ3v) is 10.0. The van der Waals surface area contributed by atoms with Gasteiger partial charge in [0.1, 0.15) is 0 Å². The molecule has 0 aromatic heterocycles. The standard InChI is InChI=1S/C45H32/c1-45(2)43-13-6-5-12-41(43)42-23-20-36(28-44(42)45)35-19-22-40-38(27-35)17-16-37-26-34(18-21-39(37)40)32-11-7-10-31(25-32)33-15-14-29-8-3-4-9-30(29)24-33/h3-28H,1-2H3. The minimum absolute atomic E-state index is 0.00167. The summed E-state index contributed by atoms with van der Waals surface area (Å²) in [6.45, 7) is 4.70. The van der Waals surface area contributed by atoms with Gasteiger partial charge in [-0.25, -0.2) is 0 Å². The van der Waals surface area contributed by atoms with Gasteiger partial charge in [-0.1, -0.05) is 141 Å². The Morgan fingerprint density at radius 1 is 0.311 bits per heavy atom. The highest BCUT2D eigenvalue weighted by Gasteiger charge is 2.35. The van der Waals surface area contributed by atoms with Crippen molar-refractivity contribution in [1.82, 2.24) is 0 Å². The van der Waals surface area contributed by atoms with Crippen LogP contribution in [0, 0.1) is 0 Å². The molecule has 0 nitrogen and oxygen atoms in total. The number of fused-ring (bicyclic) bond motifs is 7. The maximum Gasteiger partial charge on any atom is 0.0159 e. The zero-order valence-electron chi connectivity index (χ0n) is 25.5. The van der Waals surface area contributed by atoms with Crippen LogP contribution >= 0.6 is 0 Å². The Bertz CT molecular complexity index is 2460. The van der Waals surface area contributed by atoms with Crippen LogP contribution in [-0.4, -0.2) is 0 Å². The zero-order valence-corrected chi connectivity index (χ0v) is 25.5. The molecule has 0 aliphatic heterocycles. The summed E-state index contributed by atoms with van der Waals surface area (Å²) in [7, 11) is 0. The second kappa shape index (κ2) is 9.78. The van der Waals surface area contributed by atoms with Gasteiger partial charge in [0.15, 0.2) is 0 Å². The molecular weight excluding hydrogens is 540 g/mol. The monoisotopic (exact) mass is 572 g/mol. The number of hydrogen-bond donors (Lipinski definition) is 0. The molecule has 0 N–H and O–H groups in total. The Morgan fingerprint density at radius 3 is 1.51 bits per heavy atom. The van der Waals surface area contributed by atoms with Crippen LogP contribution < -0.4 is 0 Å². The molecule has 0 unspecified atom stereocenters. The van der Waals surface area contributed by atoms with Crippen LogP contribution in [0.5, 0.6) is 0 Å². The van der Waals surface area contributed by atoms with Crippen molar-refractivity contribution in [2.24, 2.45) is 0 Å². The van der Waals surface area contributed by atoms with Gasteiger partial charge in [0.25, 0.3) is 0 Å². The van der Waals surface area contributed by atoms with Crippen molar-refractivity contribution in [2.75, 3.05) is 0 Å². The van der Waals surface area contributed by atoms with Crippen molar-refractivity contribution in [3.8, 4) is 44.5 Å². The van der Waals surface area contributed by atoms with Crippen molar-refractivity contribution >= 4 is 32.3 Å². The van der Waals surface area contributed by atoms with E-state index >= 15 is 0 Å². The van der Waals surface area contributed by atoms with E-state index < -0.39 is 0 Å². The molecule has 0 fully saturated rings. The SMILES string of the molecule is CC1(C)c2ccccc2-c2ccc(-c3ccc4c(ccc5cc(-c6cccc(-c7ccc8ccccc8c7)c6)ccc54)c3)cc21. The highest BCUT2D eigenvalue weighted by molar-refractivity contribution is 6.09. The van der Waals surface area contributed by atoms with E-state index in [1.807, 2.05) is 0 Å². The molecule has 0 heteroatoms. The first-order valence-corrected chi connectivity index (χ1v) is 15.8. The van der Waals surface area contributed by atoms with Gasteiger partial charge in [0.2, 0.25) is 0 Å². The summed E-state index contributed by atoms with van der Waals surface area (Å²) in [4.78, 5) is 0. The van der Waals surface area contributed by atoms with Crippen LogP contribution in [0.15, 0.2) is 158 Å². The van der Waals surface area contributed by atoms with Crippen LogP contribution in [0.3, 0.4) is 0 Å². The van der Waals surface area contributed by atoms with E-state index in [1.54, 1.807) is 0 Å². The van der Waals surface area contributed by atoms with Crippen molar-refractivity contribution in [3.05, 3.63) is 169 Å². The molecular formula is C45H32. The Kier molecular flexibility index (Phi) is 5.64. The summed E-state index contributed by atoms with van der Waals surface area (Å²) in [5.41, 5.74) is 13.1. The summed E-state index contributed by atoms with van der Waals surface area (Å²) < 4.78 is 0. The Balaban J connectivity index is 1.07. The molecule has 0 bridgehead atoms. The lowest BCUT2D eigenvalue weighted by Crippen LogP contribution is -2.14. The maximum atomic E-state index is 2.41. The Hall–Kier alpha value is -5.46. The first-order chi connectivity index (χ1) is 22.0. The molecule has 0 heterocycles. The molecule has 0 saturated heterocycles. The Morgan fingerprint density at radius 2 is 0.800 bits per heavy atom. The molecule has 8 aromatic carbocycles. The van der Waals surface area contributed by atoms with E-state index in [2.05, 4.69) is 172 Å². The van der Waals surface area contributed by atoms with Gasteiger partial charge in [-0.05, 0) is 118 Å². The predicted octanol–water partition coefficient (Wildman–Crippen LogP) is 12.5. The molecule has 45 heavy (non-hydrogen) atoms. The van der Waals surface area contributed by atoms with Gasteiger partial charge >= 0.3 is 0 Å². The minimum atomic E-state index is 0.00167. The molecule has 0 atom stereocenters. The third-order valence-electron chi connectivity index (χ3n) is 10.0. The summed E-state index contributed by atoms with van der Waals surface area (Å²) in [5.74, 6) is 0. The fourth-order valence-electron chi connectivity index (χ4n) is 7.56. The molecule has 0 amide bonds. The van der Waals surface area contributed by atoms with Crippen molar-refractivity contribution < 1.29 is 0 Å². The molecule has 0 radical (unpaired) electrons. The van der Waals surface area contributed by atoms with Gasteiger partial charge < -0.3 is 0 Å². The van der Waals surface area contributed by atoms with Gasteiger partial charge in [-0.3, -0.25) is 0 Å². The molecule has 9 rings (SSSR count). The lowest BCUT2D eigenvalue weighted by molar-refractivity contribution is 0.660. The number of benzene rings is 8. The number of hydrogen-bond acceptors (Lipinski definition) is 0. The molecule has 1 aliphatic carbocycles.